The molecule has 4 heteroatoms. The van der Waals surface area contributed by atoms with Gasteiger partial charge in [0.15, 0.2) is 11.6 Å². The molecule has 20 heavy (non-hydrogen) atoms. The minimum Gasteiger partial charge on any atom is -0.311 e. The maximum absolute atomic E-state index is 13.3. The van der Waals surface area contributed by atoms with E-state index in [2.05, 4.69) is 31.0 Å². The summed E-state index contributed by atoms with van der Waals surface area (Å²) in [5.74, 6) is -0.952. The molecule has 0 aromatic heterocycles. The Balaban J connectivity index is 2.12. The van der Waals surface area contributed by atoms with Crippen LogP contribution in [0.25, 0.3) is 0 Å². The molecule has 1 aromatic rings. The second kappa shape index (κ2) is 6.64. The number of piperazine rings is 1. The maximum atomic E-state index is 13.3. The van der Waals surface area contributed by atoms with Gasteiger partial charge in [0.2, 0.25) is 0 Å². The lowest BCUT2D eigenvalue weighted by Crippen LogP contribution is -2.57. The molecule has 3 unspecified atom stereocenters. The molecule has 1 aliphatic rings. The van der Waals surface area contributed by atoms with Gasteiger partial charge in [-0.2, -0.15) is 0 Å². The lowest BCUT2D eigenvalue weighted by atomic mass is 9.94. The zero-order chi connectivity index (χ0) is 14.7. The smallest absolute Gasteiger partial charge is 0.159 e. The Morgan fingerprint density at radius 1 is 1.35 bits per heavy atom. The summed E-state index contributed by atoms with van der Waals surface area (Å²) in [5.41, 5.74) is 0.839. The minimum atomic E-state index is -0.777. The Hall–Kier alpha value is -1.00. The number of benzene rings is 1. The van der Waals surface area contributed by atoms with E-state index in [0.29, 0.717) is 24.5 Å². The molecule has 0 bridgehead atoms. The van der Waals surface area contributed by atoms with Crippen molar-refractivity contribution in [1.82, 2.24) is 10.2 Å². The lowest BCUT2D eigenvalue weighted by Gasteiger charge is -2.42. The Labute approximate surface area is 120 Å². The van der Waals surface area contributed by atoms with Gasteiger partial charge in [-0.15, -0.1) is 0 Å². The van der Waals surface area contributed by atoms with E-state index in [4.69, 9.17) is 0 Å². The van der Waals surface area contributed by atoms with Crippen LogP contribution in [0.5, 0.6) is 0 Å². The van der Waals surface area contributed by atoms with Gasteiger partial charge in [-0.3, -0.25) is 4.90 Å². The average molecular weight is 282 g/mol. The Morgan fingerprint density at radius 3 is 2.75 bits per heavy atom. The summed E-state index contributed by atoms with van der Waals surface area (Å²) in [6.45, 7) is 9.18. The molecule has 2 rings (SSSR count). The third kappa shape index (κ3) is 3.55. The van der Waals surface area contributed by atoms with Crippen molar-refractivity contribution in [2.75, 3.05) is 13.1 Å². The normalized spacial score (nSPS) is 25.6. The van der Waals surface area contributed by atoms with Crippen LogP contribution in [-0.2, 0) is 6.54 Å². The minimum absolute atomic E-state index is 0.431. The molecule has 0 aliphatic carbocycles. The number of nitrogens with zero attached hydrogens (tertiary/aromatic N) is 1. The molecule has 0 amide bonds. The van der Waals surface area contributed by atoms with Crippen molar-refractivity contribution in [3.05, 3.63) is 35.4 Å². The Bertz CT molecular complexity index is 450. The van der Waals surface area contributed by atoms with Crippen LogP contribution in [0.15, 0.2) is 18.2 Å². The molecular weight excluding hydrogens is 258 g/mol. The van der Waals surface area contributed by atoms with Crippen LogP contribution in [0.3, 0.4) is 0 Å². The van der Waals surface area contributed by atoms with E-state index in [1.165, 1.54) is 12.1 Å². The van der Waals surface area contributed by atoms with E-state index in [9.17, 15) is 8.78 Å². The van der Waals surface area contributed by atoms with Crippen molar-refractivity contribution in [2.24, 2.45) is 5.92 Å². The van der Waals surface area contributed by atoms with Gasteiger partial charge in [-0.05, 0) is 30.5 Å². The number of rotatable bonds is 4. The molecule has 1 aliphatic heterocycles. The first kappa shape index (κ1) is 15.4. The fourth-order valence-corrected chi connectivity index (χ4v) is 2.89. The molecule has 1 fully saturated rings. The molecule has 1 aromatic carbocycles. The second-order valence-electron chi connectivity index (χ2n) is 5.94. The highest BCUT2D eigenvalue weighted by Gasteiger charge is 2.29. The standard InChI is InChI=1S/C16H24F2N2/c1-4-11(2)16-8-19-12(3)9-20(16)10-13-5-6-14(17)15(18)7-13/h5-7,11-12,16,19H,4,8-10H2,1-3H3. The number of halogens is 2. The third-order valence-corrected chi connectivity index (χ3v) is 4.32. The molecular formula is C16H24F2N2. The van der Waals surface area contributed by atoms with E-state index in [-0.39, 0.29) is 0 Å². The van der Waals surface area contributed by atoms with Crippen LogP contribution in [0.2, 0.25) is 0 Å². The van der Waals surface area contributed by atoms with E-state index < -0.39 is 11.6 Å². The predicted molar refractivity (Wildman–Crippen MR) is 77.5 cm³/mol. The highest BCUT2D eigenvalue weighted by molar-refractivity contribution is 5.18. The van der Waals surface area contributed by atoms with Gasteiger partial charge < -0.3 is 5.32 Å². The van der Waals surface area contributed by atoms with Crippen molar-refractivity contribution < 1.29 is 8.78 Å². The molecule has 2 nitrogen and oxygen atoms in total. The van der Waals surface area contributed by atoms with Crippen LogP contribution >= 0.6 is 0 Å². The molecule has 3 atom stereocenters. The van der Waals surface area contributed by atoms with Gasteiger partial charge in [0.25, 0.3) is 0 Å². The van der Waals surface area contributed by atoms with Gasteiger partial charge in [0, 0.05) is 31.7 Å². The number of hydrogen-bond acceptors (Lipinski definition) is 2. The topological polar surface area (TPSA) is 15.3 Å². The molecule has 1 saturated heterocycles. The van der Waals surface area contributed by atoms with Crippen LogP contribution in [-0.4, -0.2) is 30.1 Å². The summed E-state index contributed by atoms with van der Waals surface area (Å²) in [6, 6.07) is 5.09. The zero-order valence-electron chi connectivity index (χ0n) is 12.5. The van der Waals surface area contributed by atoms with Crippen molar-refractivity contribution in [1.29, 1.82) is 0 Å². The van der Waals surface area contributed by atoms with Crippen LogP contribution < -0.4 is 5.32 Å². The van der Waals surface area contributed by atoms with Gasteiger partial charge in [-0.25, -0.2) is 8.78 Å². The predicted octanol–water partition coefficient (Wildman–Crippen LogP) is 3.17. The van der Waals surface area contributed by atoms with Crippen LogP contribution in [0.4, 0.5) is 8.78 Å². The molecule has 0 radical (unpaired) electrons. The van der Waals surface area contributed by atoms with Crippen molar-refractivity contribution in [2.45, 2.75) is 45.8 Å². The molecule has 112 valence electrons. The monoisotopic (exact) mass is 282 g/mol. The Kier molecular flexibility index (Phi) is 5.11. The summed E-state index contributed by atoms with van der Waals surface area (Å²) < 4.78 is 26.3. The summed E-state index contributed by atoms with van der Waals surface area (Å²) in [6.07, 6.45) is 1.12. The molecule has 0 saturated carbocycles. The van der Waals surface area contributed by atoms with Crippen LogP contribution in [0, 0.1) is 17.6 Å². The van der Waals surface area contributed by atoms with E-state index >= 15 is 0 Å². The van der Waals surface area contributed by atoms with Gasteiger partial charge in [0.05, 0.1) is 0 Å². The zero-order valence-corrected chi connectivity index (χ0v) is 12.5. The van der Waals surface area contributed by atoms with Crippen molar-refractivity contribution in [3.8, 4) is 0 Å². The van der Waals surface area contributed by atoms with Gasteiger partial charge in [0.1, 0.15) is 0 Å². The molecule has 0 spiro atoms. The SMILES string of the molecule is CCC(C)C1CNC(C)CN1Cc1ccc(F)c(F)c1. The first-order valence-electron chi connectivity index (χ1n) is 7.42. The second-order valence-corrected chi connectivity index (χ2v) is 5.94. The highest BCUT2D eigenvalue weighted by Crippen LogP contribution is 2.21. The first-order chi connectivity index (χ1) is 9.51. The van der Waals surface area contributed by atoms with Crippen LogP contribution in [0.1, 0.15) is 32.8 Å². The Morgan fingerprint density at radius 2 is 2.10 bits per heavy atom. The lowest BCUT2D eigenvalue weighted by molar-refractivity contribution is 0.0884. The fraction of sp³-hybridized carbons (Fsp3) is 0.625. The summed E-state index contributed by atoms with van der Waals surface area (Å²) in [4.78, 5) is 2.39. The van der Waals surface area contributed by atoms with Gasteiger partial charge >= 0.3 is 0 Å². The van der Waals surface area contributed by atoms with E-state index in [1.54, 1.807) is 6.07 Å². The molecule has 1 heterocycles. The fourth-order valence-electron chi connectivity index (χ4n) is 2.89. The quantitative estimate of drug-likeness (QED) is 0.912. The van der Waals surface area contributed by atoms with Crippen molar-refractivity contribution in [3.63, 3.8) is 0 Å². The highest BCUT2D eigenvalue weighted by atomic mass is 19.2. The third-order valence-electron chi connectivity index (χ3n) is 4.32. The summed E-state index contributed by atoms with van der Waals surface area (Å²) >= 11 is 0. The van der Waals surface area contributed by atoms with Gasteiger partial charge in [-0.1, -0.05) is 26.3 Å². The largest absolute Gasteiger partial charge is 0.311 e. The number of hydrogen-bond donors (Lipinski definition) is 1. The summed E-state index contributed by atoms with van der Waals surface area (Å²) in [7, 11) is 0. The number of nitrogens with one attached hydrogen (secondary N) is 1. The summed E-state index contributed by atoms with van der Waals surface area (Å²) in [5, 5.41) is 3.51. The average Bonchev–Trinajstić information content (AvgIpc) is 2.42. The maximum Gasteiger partial charge on any atom is 0.159 e. The van der Waals surface area contributed by atoms with E-state index in [0.717, 1.165) is 25.1 Å². The van der Waals surface area contributed by atoms with E-state index in [1.807, 2.05) is 0 Å². The first-order valence-corrected chi connectivity index (χ1v) is 7.42. The molecule has 1 N–H and O–H groups in total. The van der Waals surface area contributed by atoms with Crippen molar-refractivity contribution >= 4 is 0 Å².